The lowest BCUT2D eigenvalue weighted by Gasteiger charge is -2.34. The highest BCUT2D eigenvalue weighted by atomic mass is 32.2. The molecule has 0 unspecified atom stereocenters. The molecule has 0 spiro atoms. The first-order valence-corrected chi connectivity index (χ1v) is 8.24. The van der Waals surface area contributed by atoms with Gasteiger partial charge in [-0.3, -0.25) is 4.79 Å². The number of carbonyl (C=O) groups excluding carboxylic acids is 1. The summed E-state index contributed by atoms with van der Waals surface area (Å²) < 4.78 is 23.6. The summed E-state index contributed by atoms with van der Waals surface area (Å²) in [6.45, 7) is 1.06. The van der Waals surface area contributed by atoms with Gasteiger partial charge in [0, 0.05) is 26.2 Å². The van der Waals surface area contributed by atoms with Crippen molar-refractivity contribution in [3.63, 3.8) is 0 Å². The van der Waals surface area contributed by atoms with E-state index in [4.69, 9.17) is 10.9 Å². The number of nitrogens with two attached hydrogens (primary N) is 2. The first-order valence-electron chi connectivity index (χ1n) is 6.74. The fourth-order valence-electron chi connectivity index (χ4n) is 2.35. The Hall–Kier alpha value is -1.48. The summed E-state index contributed by atoms with van der Waals surface area (Å²) in [5, 5.41) is 5.06. The van der Waals surface area contributed by atoms with Gasteiger partial charge in [0.1, 0.15) is 0 Å². The second kappa shape index (κ2) is 6.52. The predicted molar refractivity (Wildman–Crippen MR) is 79.4 cm³/mol. The van der Waals surface area contributed by atoms with Crippen LogP contribution in [0.3, 0.4) is 0 Å². The Kier molecular flexibility index (Phi) is 4.94. The monoisotopic (exact) mass is 312 g/mol. The van der Waals surface area contributed by atoms with Crippen molar-refractivity contribution in [2.45, 2.75) is 12.5 Å². The van der Waals surface area contributed by atoms with E-state index in [2.05, 4.69) is 0 Å². The van der Waals surface area contributed by atoms with Crippen molar-refractivity contribution >= 4 is 16.1 Å². The Morgan fingerprint density at radius 3 is 2.24 bits per heavy atom. The first-order chi connectivity index (χ1) is 9.88. The molecule has 4 N–H and O–H groups in total. The first kappa shape index (κ1) is 15.9. The van der Waals surface area contributed by atoms with E-state index >= 15 is 0 Å². The van der Waals surface area contributed by atoms with Crippen molar-refractivity contribution < 1.29 is 13.2 Å². The minimum Gasteiger partial charge on any atom is -0.339 e. The lowest BCUT2D eigenvalue weighted by molar-refractivity contribution is -0.133. The van der Waals surface area contributed by atoms with Gasteiger partial charge in [0.2, 0.25) is 5.91 Å². The van der Waals surface area contributed by atoms with Crippen LogP contribution >= 0.6 is 0 Å². The summed E-state index contributed by atoms with van der Waals surface area (Å²) in [7, 11) is -3.68. The summed E-state index contributed by atoms with van der Waals surface area (Å²) in [6.07, 6.45) is 0.467. The van der Waals surface area contributed by atoms with Gasteiger partial charge in [0.15, 0.2) is 0 Å². The van der Waals surface area contributed by atoms with Gasteiger partial charge >= 0.3 is 0 Å². The van der Waals surface area contributed by atoms with Crippen LogP contribution in [0.4, 0.5) is 0 Å². The molecule has 2 rings (SSSR count). The third kappa shape index (κ3) is 4.24. The number of piperazine rings is 1. The van der Waals surface area contributed by atoms with Gasteiger partial charge in [0.25, 0.3) is 10.2 Å². The van der Waals surface area contributed by atoms with E-state index in [0.717, 1.165) is 5.56 Å². The van der Waals surface area contributed by atoms with Crippen LogP contribution in [0.1, 0.15) is 5.56 Å². The van der Waals surface area contributed by atoms with Gasteiger partial charge in [0.05, 0.1) is 6.04 Å². The molecule has 0 bridgehead atoms. The highest BCUT2D eigenvalue weighted by Gasteiger charge is 2.28. The summed E-state index contributed by atoms with van der Waals surface area (Å²) >= 11 is 0. The highest BCUT2D eigenvalue weighted by molar-refractivity contribution is 7.86. The molecule has 1 amide bonds. The Balaban J connectivity index is 1.90. The molecule has 0 aromatic heterocycles. The maximum Gasteiger partial charge on any atom is 0.277 e. The molecular formula is C13H20N4O3S. The van der Waals surface area contributed by atoms with Gasteiger partial charge < -0.3 is 10.6 Å². The molecule has 1 atom stereocenters. The van der Waals surface area contributed by atoms with Crippen molar-refractivity contribution in [1.82, 2.24) is 9.21 Å². The van der Waals surface area contributed by atoms with Crippen LogP contribution < -0.4 is 10.9 Å². The molecule has 0 radical (unpaired) electrons. The van der Waals surface area contributed by atoms with Crippen LogP contribution in [0.2, 0.25) is 0 Å². The van der Waals surface area contributed by atoms with Crippen LogP contribution in [-0.2, 0) is 21.4 Å². The molecule has 1 aliphatic heterocycles. The van der Waals surface area contributed by atoms with Crippen LogP contribution in [0.5, 0.6) is 0 Å². The second-order valence-corrected chi connectivity index (χ2v) is 6.61. The number of hydrogen-bond donors (Lipinski definition) is 2. The van der Waals surface area contributed by atoms with E-state index < -0.39 is 16.3 Å². The molecule has 116 valence electrons. The lowest BCUT2D eigenvalue weighted by Crippen LogP contribution is -2.55. The van der Waals surface area contributed by atoms with E-state index in [-0.39, 0.29) is 19.0 Å². The summed E-state index contributed by atoms with van der Waals surface area (Å²) in [5.41, 5.74) is 6.95. The number of benzene rings is 1. The van der Waals surface area contributed by atoms with E-state index in [1.54, 1.807) is 4.90 Å². The topological polar surface area (TPSA) is 110 Å². The zero-order valence-corrected chi connectivity index (χ0v) is 12.5. The summed E-state index contributed by atoms with van der Waals surface area (Å²) in [4.78, 5) is 13.9. The molecule has 1 saturated heterocycles. The Bertz CT molecular complexity index is 583. The zero-order chi connectivity index (χ0) is 15.5. The third-order valence-corrected chi connectivity index (χ3v) is 4.61. The molecule has 1 aliphatic rings. The van der Waals surface area contributed by atoms with E-state index in [9.17, 15) is 13.2 Å². The normalized spacial score (nSPS) is 18.5. The largest absolute Gasteiger partial charge is 0.339 e. The molecule has 1 heterocycles. The maximum absolute atomic E-state index is 12.3. The molecule has 0 saturated carbocycles. The van der Waals surface area contributed by atoms with Crippen LogP contribution in [0.15, 0.2) is 30.3 Å². The zero-order valence-electron chi connectivity index (χ0n) is 11.7. The van der Waals surface area contributed by atoms with Crippen LogP contribution in [0, 0.1) is 0 Å². The molecule has 1 fully saturated rings. The minimum absolute atomic E-state index is 0.159. The maximum atomic E-state index is 12.3. The molecule has 1 aromatic carbocycles. The molecule has 0 aliphatic carbocycles. The van der Waals surface area contributed by atoms with Crippen molar-refractivity contribution in [3.8, 4) is 0 Å². The van der Waals surface area contributed by atoms with Crippen molar-refractivity contribution in [2.75, 3.05) is 26.2 Å². The van der Waals surface area contributed by atoms with Crippen LogP contribution in [-0.4, -0.2) is 55.8 Å². The SMILES string of the molecule is N[C@H](Cc1ccccc1)C(=O)N1CCN(S(N)(=O)=O)CC1. The van der Waals surface area contributed by atoms with Crippen molar-refractivity contribution in [1.29, 1.82) is 0 Å². The number of nitrogens with zero attached hydrogens (tertiary/aromatic N) is 2. The number of hydrogen-bond acceptors (Lipinski definition) is 4. The van der Waals surface area contributed by atoms with Gasteiger partial charge in [-0.25, -0.2) is 5.14 Å². The fraction of sp³-hybridized carbons (Fsp3) is 0.462. The quantitative estimate of drug-likeness (QED) is 0.735. The summed E-state index contributed by atoms with van der Waals surface area (Å²) in [6, 6.07) is 8.93. The average molecular weight is 312 g/mol. The standard InChI is InChI=1S/C13H20N4O3S/c14-12(10-11-4-2-1-3-5-11)13(18)16-6-8-17(9-7-16)21(15,19)20/h1-5,12H,6-10,14H2,(H2,15,19,20)/t12-/m1/s1. The van der Waals surface area contributed by atoms with E-state index in [0.29, 0.717) is 19.5 Å². The number of rotatable bonds is 4. The van der Waals surface area contributed by atoms with Gasteiger partial charge in [-0.2, -0.15) is 12.7 Å². The Morgan fingerprint density at radius 2 is 1.71 bits per heavy atom. The molecule has 8 heteroatoms. The number of amides is 1. The fourth-order valence-corrected chi connectivity index (χ4v) is 3.03. The molecule has 1 aromatic rings. The predicted octanol–water partition coefficient (Wildman–Crippen LogP) is -1.10. The van der Waals surface area contributed by atoms with E-state index in [1.165, 1.54) is 4.31 Å². The molecular weight excluding hydrogens is 292 g/mol. The van der Waals surface area contributed by atoms with E-state index in [1.807, 2.05) is 30.3 Å². The van der Waals surface area contributed by atoms with Gasteiger partial charge in [-0.1, -0.05) is 30.3 Å². The van der Waals surface area contributed by atoms with Crippen molar-refractivity contribution in [2.24, 2.45) is 10.9 Å². The van der Waals surface area contributed by atoms with Crippen LogP contribution in [0.25, 0.3) is 0 Å². The second-order valence-electron chi connectivity index (χ2n) is 5.07. The average Bonchev–Trinajstić information content (AvgIpc) is 2.46. The van der Waals surface area contributed by atoms with Crippen molar-refractivity contribution in [3.05, 3.63) is 35.9 Å². The molecule has 7 nitrogen and oxygen atoms in total. The minimum atomic E-state index is -3.68. The smallest absolute Gasteiger partial charge is 0.277 e. The highest BCUT2D eigenvalue weighted by Crippen LogP contribution is 2.08. The lowest BCUT2D eigenvalue weighted by atomic mass is 10.1. The molecule has 21 heavy (non-hydrogen) atoms. The third-order valence-electron chi connectivity index (χ3n) is 3.53. The number of carbonyl (C=O) groups is 1. The van der Waals surface area contributed by atoms with Gasteiger partial charge in [-0.05, 0) is 12.0 Å². The Labute approximate surface area is 124 Å². The Morgan fingerprint density at radius 1 is 1.14 bits per heavy atom. The van der Waals surface area contributed by atoms with Gasteiger partial charge in [-0.15, -0.1) is 0 Å². The summed E-state index contributed by atoms with van der Waals surface area (Å²) in [5.74, 6) is -0.159.